The van der Waals surface area contributed by atoms with Crippen molar-refractivity contribution >= 4 is 11.8 Å². The Morgan fingerprint density at radius 2 is 1.67 bits per heavy atom. The summed E-state index contributed by atoms with van der Waals surface area (Å²) in [4.78, 5) is 8.01. The average molecular weight is 366 g/mol. The van der Waals surface area contributed by atoms with E-state index >= 15 is 0 Å². The van der Waals surface area contributed by atoms with Gasteiger partial charge in [0, 0.05) is 18.2 Å². The molecule has 4 N–H and O–H groups in total. The Kier molecular flexibility index (Phi) is 5.61. The summed E-state index contributed by atoms with van der Waals surface area (Å²) in [6.07, 6.45) is 2.13. The normalized spacial score (nSPS) is 10.4. The summed E-state index contributed by atoms with van der Waals surface area (Å²) in [6, 6.07) is 13.7. The van der Waals surface area contributed by atoms with Gasteiger partial charge in [0.15, 0.2) is 11.5 Å². The Bertz CT molecular complexity index is 917. The van der Waals surface area contributed by atoms with E-state index in [-0.39, 0.29) is 5.95 Å². The Morgan fingerprint density at radius 3 is 2.33 bits per heavy atom. The van der Waals surface area contributed by atoms with E-state index in [2.05, 4.69) is 9.97 Å². The maximum Gasteiger partial charge on any atom is 0.221 e. The summed E-state index contributed by atoms with van der Waals surface area (Å²) in [7, 11) is 3.17. The third kappa shape index (κ3) is 4.38. The van der Waals surface area contributed by atoms with Gasteiger partial charge in [-0.3, -0.25) is 0 Å². The molecule has 3 rings (SSSR count). The van der Waals surface area contributed by atoms with Gasteiger partial charge in [0.05, 0.1) is 14.2 Å². The predicted molar refractivity (Wildman–Crippen MR) is 104 cm³/mol. The summed E-state index contributed by atoms with van der Waals surface area (Å²) < 4.78 is 17.0. The molecule has 7 nitrogen and oxygen atoms in total. The van der Waals surface area contributed by atoms with E-state index in [0.717, 1.165) is 16.7 Å². The van der Waals surface area contributed by atoms with Crippen molar-refractivity contribution in [1.82, 2.24) is 9.97 Å². The average Bonchev–Trinajstić information content (AvgIpc) is 2.68. The number of nitrogens with two attached hydrogens (primary N) is 2. The first-order valence-corrected chi connectivity index (χ1v) is 8.39. The van der Waals surface area contributed by atoms with Crippen LogP contribution in [0.1, 0.15) is 16.7 Å². The number of rotatable bonds is 7. The number of anilines is 2. The van der Waals surface area contributed by atoms with Crippen molar-refractivity contribution in [3.05, 3.63) is 65.4 Å². The van der Waals surface area contributed by atoms with Crippen LogP contribution in [0, 0.1) is 0 Å². The molecule has 0 saturated heterocycles. The number of benzene rings is 2. The maximum atomic E-state index is 6.00. The van der Waals surface area contributed by atoms with Gasteiger partial charge in [-0.05, 0) is 23.3 Å². The van der Waals surface area contributed by atoms with E-state index in [1.165, 1.54) is 0 Å². The van der Waals surface area contributed by atoms with Crippen LogP contribution < -0.4 is 25.7 Å². The molecule has 7 heteroatoms. The Labute approximate surface area is 157 Å². The number of nitrogen functional groups attached to an aromatic ring is 2. The predicted octanol–water partition coefficient (Wildman–Crippen LogP) is 2.83. The number of ether oxygens (including phenoxy) is 3. The summed E-state index contributed by atoms with van der Waals surface area (Å²) in [5, 5.41) is 0. The molecule has 0 saturated carbocycles. The highest BCUT2D eigenvalue weighted by molar-refractivity contribution is 5.55. The molecular formula is C20H22N4O3. The first-order valence-electron chi connectivity index (χ1n) is 8.39. The molecule has 1 aromatic heterocycles. The Morgan fingerprint density at radius 1 is 0.926 bits per heavy atom. The van der Waals surface area contributed by atoms with Crippen LogP contribution >= 0.6 is 0 Å². The van der Waals surface area contributed by atoms with Crippen molar-refractivity contribution in [2.75, 3.05) is 25.7 Å². The molecule has 1 heterocycles. The summed E-state index contributed by atoms with van der Waals surface area (Å²) in [6.45, 7) is 0.414. The van der Waals surface area contributed by atoms with Crippen molar-refractivity contribution in [3.63, 3.8) is 0 Å². The van der Waals surface area contributed by atoms with Gasteiger partial charge in [-0.2, -0.15) is 4.98 Å². The SMILES string of the molecule is COc1cc(Cc2cnc(N)nc2N)cc(OCc2ccccc2)c1OC. The monoisotopic (exact) mass is 366 g/mol. The van der Waals surface area contributed by atoms with Gasteiger partial charge in [0.2, 0.25) is 11.7 Å². The Hall–Kier alpha value is -3.48. The lowest BCUT2D eigenvalue weighted by Gasteiger charge is -2.16. The summed E-state index contributed by atoms with van der Waals surface area (Å²) in [5.74, 6) is 2.21. The van der Waals surface area contributed by atoms with Crippen LogP contribution in [-0.4, -0.2) is 24.2 Å². The van der Waals surface area contributed by atoms with E-state index < -0.39 is 0 Å². The van der Waals surface area contributed by atoms with Crippen LogP contribution in [0.15, 0.2) is 48.7 Å². The van der Waals surface area contributed by atoms with Crippen LogP contribution in [0.2, 0.25) is 0 Å². The smallest absolute Gasteiger partial charge is 0.221 e. The van der Waals surface area contributed by atoms with Crippen molar-refractivity contribution in [2.24, 2.45) is 0 Å². The molecule has 0 aliphatic carbocycles. The molecule has 0 spiro atoms. The van der Waals surface area contributed by atoms with E-state index in [0.29, 0.717) is 36.1 Å². The van der Waals surface area contributed by atoms with Crippen molar-refractivity contribution in [2.45, 2.75) is 13.0 Å². The van der Waals surface area contributed by atoms with Gasteiger partial charge in [0.25, 0.3) is 0 Å². The Balaban J connectivity index is 1.90. The van der Waals surface area contributed by atoms with Crippen molar-refractivity contribution in [3.8, 4) is 17.2 Å². The second-order valence-electron chi connectivity index (χ2n) is 5.92. The zero-order valence-corrected chi connectivity index (χ0v) is 15.3. The highest BCUT2D eigenvalue weighted by Gasteiger charge is 2.15. The fourth-order valence-corrected chi connectivity index (χ4v) is 2.72. The number of nitrogens with zero attached hydrogens (tertiary/aromatic N) is 2. The zero-order valence-electron chi connectivity index (χ0n) is 15.3. The van der Waals surface area contributed by atoms with Crippen LogP contribution in [0.3, 0.4) is 0 Å². The first kappa shape index (κ1) is 18.3. The van der Waals surface area contributed by atoms with Gasteiger partial charge in [0.1, 0.15) is 12.4 Å². The quantitative estimate of drug-likeness (QED) is 0.662. The lowest BCUT2D eigenvalue weighted by Crippen LogP contribution is -2.05. The molecule has 2 aromatic carbocycles. The van der Waals surface area contributed by atoms with Crippen molar-refractivity contribution in [1.29, 1.82) is 0 Å². The molecule has 0 aliphatic heterocycles. The molecule has 0 unspecified atom stereocenters. The lowest BCUT2D eigenvalue weighted by atomic mass is 10.1. The molecule has 3 aromatic rings. The minimum atomic E-state index is 0.149. The molecule has 0 atom stereocenters. The van der Waals surface area contributed by atoms with E-state index in [9.17, 15) is 0 Å². The van der Waals surface area contributed by atoms with Gasteiger partial charge < -0.3 is 25.7 Å². The van der Waals surface area contributed by atoms with Crippen LogP contribution in [0.5, 0.6) is 17.2 Å². The molecule has 27 heavy (non-hydrogen) atoms. The lowest BCUT2D eigenvalue weighted by molar-refractivity contribution is 0.275. The highest BCUT2D eigenvalue weighted by atomic mass is 16.5. The summed E-state index contributed by atoms with van der Waals surface area (Å²) in [5.41, 5.74) is 14.3. The fraction of sp³-hybridized carbons (Fsp3) is 0.200. The second-order valence-corrected chi connectivity index (χ2v) is 5.92. The topological polar surface area (TPSA) is 106 Å². The minimum absolute atomic E-state index is 0.149. The molecule has 0 aliphatic rings. The third-order valence-corrected chi connectivity index (χ3v) is 4.05. The third-order valence-electron chi connectivity index (χ3n) is 4.05. The van der Waals surface area contributed by atoms with Crippen LogP contribution in [0.4, 0.5) is 11.8 Å². The zero-order chi connectivity index (χ0) is 19.2. The highest BCUT2D eigenvalue weighted by Crippen LogP contribution is 2.39. The minimum Gasteiger partial charge on any atom is -0.493 e. The number of aromatic nitrogens is 2. The standard InChI is InChI=1S/C20H22N4O3/c1-25-16-9-14(8-15-11-23-20(22)24-19(15)21)10-17(18(16)26-2)27-12-13-6-4-3-5-7-13/h3-7,9-11H,8,12H2,1-2H3,(H4,21,22,23,24). The van der Waals surface area contributed by atoms with E-state index in [4.69, 9.17) is 25.7 Å². The van der Waals surface area contributed by atoms with Gasteiger partial charge in [-0.15, -0.1) is 0 Å². The van der Waals surface area contributed by atoms with Crippen LogP contribution in [-0.2, 0) is 13.0 Å². The van der Waals surface area contributed by atoms with Gasteiger partial charge in [-0.1, -0.05) is 30.3 Å². The molecular weight excluding hydrogens is 344 g/mol. The number of methoxy groups -OCH3 is 2. The molecule has 0 amide bonds. The second kappa shape index (κ2) is 8.27. The molecule has 0 bridgehead atoms. The summed E-state index contributed by atoms with van der Waals surface area (Å²) >= 11 is 0. The van der Waals surface area contributed by atoms with E-state index in [1.54, 1.807) is 20.4 Å². The largest absolute Gasteiger partial charge is 0.493 e. The van der Waals surface area contributed by atoms with Gasteiger partial charge in [-0.25, -0.2) is 4.98 Å². The first-order chi connectivity index (χ1) is 13.1. The van der Waals surface area contributed by atoms with Crippen LogP contribution in [0.25, 0.3) is 0 Å². The maximum absolute atomic E-state index is 6.00. The molecule has 0 radical (unpaired) electrons. The molecule has 140 valence electrons. The number of hydrogen-bond acceptors (Lipinski definition) is 7. The van der Waals surface area contributed by atoms with E-state index in [1.807, 2.05) is 42.5 Å². The molecule has 0 fully saturated rings. The number of hydrogen-bond donors (Lipinski definition) is 2. The van der Waals surface area contributed by atoms with Gasteiger partial charge >= 0.3 is 0 Å². The van der Waals surface area contributed by atoms with Crippen molar-refractivity contribution < 1.29 is 14.2 Å². The fourth-order valence-electron chi connectivity index (χ4n) is 2.72.